The van der Waals surface area contributed by atoms with Crippen molar-refractivity contribution in [2.75, 3.05) is 13.1 Å². The molecule has 0 spiro atoms. The van der Waals surface area contributed by atoms with Gasteiger partial charge in [0, 0.05) is 11.6 Å². The van der Waals surface area contributed by atoms with E-state index in [2.05, 4.69) is 18.7 Å². The van der Waals surface area contributed by atoms with E-state index < -0.39 is 0 Å². The van der Waals surface area contributed by atoms with E-state index in [9.17, 15) is 0 Å². The van der Waals surface area contributed by atoms with Gasteiger partial charge in [0.2, 0.25) is 0 Å². The molecule has 1 heterocycles. The van der Waals surface area contributed by atoms with Crippen molar-refractivity contribution in [3.05, 3.63) is 0 Å². The van der Waals surface area contributed by atoms with Gasteiger partial charge in [-0.05, 0) is 65.0 Å². The first-order chi connectivity index (χ1) is 8.13. The van der Waals surface area contributed by atoms with Crippen LogP contribution in [0.5, 0.6) is 0 Å². The van der Waals surface area contributed by atoms with Gasteiger partial charge in [-0.2, -0.15) is 0 Å². The average Bonchev–Trinajstić information content (AvgIpc) is 2.29. The monoisotopic (exact) mass is 238 g/mol. The lowest BCUT2D eigenvalue weighted by atomic mass is 9.78. The fourth-order valence-electron chi connectivity index (χ4n) is 4.10. The molecular formula is C15H30N2. The molecule has 0 radical (unpaired) electrons. The van der Waals surface area contributed by atoms with E-state index in [0.717, 1.165) is 18.5 Å². The summed E-state index contributed by atoms with van der Waals surface area (Å²) in [6, 6.07) is 0.873. The number of hydrogen-bond acceptors (Lipinski definition) is 2. The third kappa shape index (κ3) is 3.23. The van der Waals surface area contributed by atoms with Crippen molar-refractivity contribution in [3.8, 4) is 0 Å². The van der Waals surface area contributed by atoms with Crippen molar-refractivity contribution >= 4 is 0 Å². The summed E-state index contributed by atoms with van der Waals surface area (Å²) in [5.74, 6) is 0.870. The Bertz CT molecular complexity index is 231. The molecule has 2 nitrogen and oxygen atoms in total. The normalized spacial score (nSPS) is 31.6. The molecule has 17 heavy (non-hydrogen) atoms. The summed E-state index contributed by atoms with van der Waals surface area (Å²) >= 11 is 0. The van der Waals surface area contributed by atoms with Crippen LogP contribution in [0, 0.1) is 5.92 Å². The second-order valence-electron chi connectivity index (χ2n) is 6.73. The maximum atomic E-state index is 5.71. The topological polar surface area (TPSA) is 29.3 Å². The molecule has 1 unspecified atom stereocenters. The second kappa shape index (κ2) is 5.71. The van der Waals surface area contributed by atoms with Gasteiger partial charge >= 0.3 is 0 Å². The highest BCUT2D eigenvalue weighted by Crippen LogP contribution is 2.37. The maximum Gasteiger partial charge on any atom is 0.0158 e. The van der Waals surface area contributed by atoms with Gasteiger partial charge in [0.15, 0.2) is 0 Å². The molecule has 0 aromatic rings. The number of rotatable bonds is 3. The Morgan fingerprint density at radius 2 is 1.82 bits per heavy atom. The lowest BCUT2D eigenvalue weighted by Crippen LogP contribution is -2.55. The Labute approximate surface area is 107 Å². The molecule has 2 heteroatoms. The molecule has 2 rings (SSSR count). The predicted molar refractivity (Wildman–Crippen MR) is 74.1 cm³/mol. The molecule has 2 aliphatic rings. The fraction of sp³-hybridized carbons (Fsp3) is 1.00. The highest BCUT2D eigenvalue weighted by atomic mass is 15.2. The van der Waals surface area contributed by atoms with Crippen LogP contribution in [-0.4, -0.2) is 29.6 Å². The van der Waals surface area contributed by atoms with Crippen LogP contribution in [0.25, 0.3) is 0 Å². The summed E-state index contributed by atoms with van der Waals surface area (Å²) in [5, 5.41) is 0. The van der Waals surface area contributed by atoms with Crippen molar-refractivity contribution < 1.29 is 0 Å². The average molecular weight is 238 g/mol. The highest BCUT2D eigenvalue weighted by Gasteiger charge is 2.38. The third-order valence-corrected chi connectivity index (χ3v) is 4.93. The number of nitrogens with zero attached hydrogens (tertiary/aromatic N) is 1. The van der Waals surface area contributed by atoms with E-state index in [0.29, 0.717) is 5.54 Å². The first-order valence-corrected chi connectivity index (χ1v) is 7.60. The molecule has 2 N–H and O–H groups in total. The standard InChI is InChI=1S/C15H30N2/c1-15(2)12-13(8-10-16)9-11-17(15)14-6-4-3-5-7-14/h13-14H,3-12,16H2,1-2H3. The number of likely N-dealkylation sites (tertiary alicyclic amines) is 1. The van der Waals surface area contributed by atoms with Crippen LogP contribution in [0.2, 0.25) is 0 Å². The summed E-state index contributed by atoms with van der Waals surface area (Å²) in [6.07, 6.45) is 11.2. The van der Waals surface area contributed by atoms with Gasteiger partial charge in [0.25, 0.3) is 0 Å². The molecule has 1 aliphatic heterocycles. The summed E-state index contributed by atoms with van der Waals surface area (Å²) in [5.41, 5.74) is 6.11. The third-order valence-electron chi connectivity index (χ3n) is 4.93. The quantitative estimate of drug-likeness (QED) is 0.818. The summed E-state index contributed by atoms with van der Waals surface area (Å²) in [7, 11) is 0. The molecule has 1 aliphatic carbocycles. The lowest BCUT2D eigenvalue weighted by molar-refractivity contribution is -0.00474. The Balaban J connectivity index is 1.94. The van der Waals surface area contributed by atoms with Crippen molar-refractivity contribution in [2.24, 2.45) is 11.7 Å². The smallest absolute Gasteiger partial charge is 0.0158 e. The summed E-state index contributed by atoms with van der Waals surface area (Å²) in [6.45, 7) is 7.07. The molecule has 0 aromatic heterocycles. The van der Waals surface area contributed by atoms with Gasteiger partial charge in [-0.1, -0.05) is 19.3 Å². The highest BCUT2D eigenvalue weighted by molar-refractivity contribution is 4.93. The van der Waals surface area contributed by atoms with Crippen LogP contribution in [0.15, 0.2) is 0 Å². The second-order valence-corrected chi connectivity index (χ2v) is 6.73. The zero-order chi connectivity index (χ0) is 12.3. The first kappa shape index (κ1) is 13.4. The lowest BCUT2D eigenvalue weighted by Gasteiger charge is -2.50. The Morgan fingerprint density at radius 3 is 2.41 bits per heavy atom. The van der Waals surface area contributed by atoms with Crippen molar-refractivity contribution in [2.45, 2.75) is 76.8 Å². The molecule has 0 aromatic carbocycles. The summed E-state index contributed by atoms with van der Waals surface area (Å²) < 4.78 is 0. The minimum absolute atomic E-state index is 0.403. The first-order valence-electron chi connectivity index (χ1n) is 7.60. The van der Waals surface area contributed by atoms with Crippen LogP contribution < -0.4 is 5.73 Å². The van der Waals surface area contributed by atoms with Crippen LogP contribution >= 0.6 is 0 Å². The van der Waals surface area contributed by atoms with Crippen LogP contribution in [0.3, 0.4) is 0 Å². The van der Waals surface area contributed by atoms with Crippen molar-refractivity contribution in [3.63, 3.8) is 0 Å². The van der Waals surface area contributed by atoms with Gasteiger partial charge in [-0.25, -0.2) is 0 Å². The maximum absolute atomic E-state index is 5.71. The van der Waals surface area contributed by atoms with E-state index in [1.165, 1.54) is 57.9 Å². The van der Waals surface area contributed by atoms with Crippen molar-refractivity contribution in [1.82, 2.24) is 4.90 Å². The number of hydrogen-bond donors (Lipinski definition) is 1. The van der Waals surface area contributed by atoms with Gasteiger partial charge in [-0.3, -0.25) is 4.90 Å². The van der Waals surface area contributed by atoms with E-state index >= 15 is 0 Å². The number of nitrogens with two attached hydrogens (primary N) is 1. The van der Waals surface area contributed by atoms with Crippen molar-refractivity contribution in [1.29, 1.82) is 0 Å². The minimum Gasteiger partial charge on any atom is -0.330 e. The van der Waals surface area contributed by atoms with Crippen LogP contribution in [0.1, 0.15) is 65.2 Å². The molecule has 0 bridgehead atoms. The minimum atomic E-state index is 0.403. The SMILES string of the molecule is CC1(C)CC(CCN)CCN1C1CCCCC1. The van der Waals surface area contributed by atoms with Gasteiger partial charge in [0.05, 0.1) is 0 Å². The summed E-state index contributed by atoms with van der Waals surface area (Å²) in [4.78, 5) is 2.82. The van der Waals surface area contributed by atoms with Gasteiger partial charge in [-0.15, -0.1) is 0 Å². The largest absolute Gasteiger partial charge is 0.330 e. The molecular weight excluding hydrogens is 208 g/mol. The fourth-order valence-corrected chi connectivity index (χ4v) is 4.10. The zero-order valence-corrected chi connectivity index (χ0v) is 11.8. The Morgan fingerprint density at radius 1 is 1.12 bits per heavy atom. The Kier molecular flexibility index (Phi) is 4.48. The molecule has 0 amide bonds. The number of piperidine rings is 1. The van der Waals surface area contributed by atoms with E-state index in [1.807, 2.05) is 0 Å². The molecule has 1 atom stereocenters. The van der Waals surface area contributed by atoms with Gasteiger partial charge in [0.1, 0.15) is 0 Å². The molecule has 1 saturated heterocycles. The molecule has 100 valence electrons. The van der Waals surface area contributed by atoms with Crippen LogP contribution in [-0.2, 0) is 0 Å². The van der Waals surface area contributed by atoms with E-state index in [1.54, 1.807) is 0 Å². The van der Waals surface area contributed by atoms with E-state index in [4.69, 9.17) is 5.73 Å². The molecule has 1 saturated carbocycles. The Hall–Kier alpha value is -0.0800. The predicted octanol–water partition coefficient (Wildman–Crippen LogP) is 3.16. The van der Waals surface area contributed by atoms with Gasteiger partial charge < -0.3 is 5.73 Å². The zero-order valence-electron chi connectivity index (χ0n) is 11.8. The van der Waals surface area contributed by atoms with Crippen LogP contribution in [0.4, 0.5) is 0 Å². The van der Waals surface area contributed by atoms with E-state index in [-0.39, 0.29) is 0 Å². The molecule has 2 fully saturated rings.